The van der Waals surface area contributed by atoms with E-state index < -0.39 is 0 Å². The summed E-state index contributed by atoms with van der Waals surface area (Å²) in [5, 5.41) is 4.51. The summed E-state index contributed by atoms with van der Waals surface area (Å²) in [5.74, 6) is 0. The summed E-state index contributed by atoms with van der Waals surface area (Å²) in [6.07, 6.45) is 1.12. The van der Waals surface area contributed by atoms with Crippen LogP contribution in [-0.2, 0) is 11.8 Å². The lowest BCUT2D eigenvalue weighted by molar-refractivity contribution is 0.657. The highest BCUT2D eigenvalue weighted by molar-refractivity contribution is 7.14. The smallest absolute Gasteiger partial charge is 0.0389 e. The maximum Gasteiger partial charge on any atom is 0.0389 e. The fourth-order valence-corrected chi connectivity index (χ4v) is 6.89. The molecule has 2 aromatic heterocycles. The Morgan fingerprint density at radius 3 is 2.45 bits per heavy atom. The van der Waals surface area contributed by atoms with Gasteiger partial charge in [0.15, 0.2) is 0 Å². The van der Waals surface area contributed by atoms with Crippen LogP contribution in [-0.4, -0.2) is 0 Å². The fraction of sp³-hybridized carbons (Fsp3) is 0.300. The third kappa shape index (κ3) is 1.30. The third-order valence-electron chi connectivity index (χ3n) is 5.66. The Bertz CT molecular complexity index is 950. The zero-order valence-corrected chi connectivity index (χ0v) is 15.0. The average molecular weight is 322 g/mol. The number of fused-ring (bicyclic) bond motifs is 6. The normalized spacial score (nSPS) is 16.4. The molecule has 0 aliphatic heterocycles. The van der Waals surface area contributed by atoms with Crippen molar-refractivity contribution in [3.05, 3.63) is 56.3 Å². The van der Waals surface area contributed by atoms with Crippen LogP contribution in [0.1, 0.15) is 47.2 Å². The molecule has 2 heteroatoms. The van der Waals surface area contributed by atoms with Crippen LogP contribution in [0.4, 0.5) is 0 Å². The molecule has 5 rings (SSSR count). The summed E-state index contributed by atoms with van der Waals surface area (Å²) in [5.41, 5.74) is 12.5. The molecular formula is C20H18S2. The van der Waals surface area contributed by atoms with Gasteiger partial charge < -0.3 is 0 Å². The van der Waals surface area contributed by atoms with Crippen molar-refractivity contribution in [3.63, 3.8) is 0 Å². The van der Waals surface area contributed by atoms with E-state index in [1.54, 1.807) is 22.3 Å². The standard InChI is InChI=1S/C20H18S2/c1-10-13-9-12-5-7-21-18(12)15(13)11(2)17-16(10)19-14(6-8-22-19)20(17,3)4/h5-8H,9H2,1-4H3. The molecule has 0 bridgehead atoms. The number of hydrogen-bond donors (Lipinski definition) is 0. The molecule has 110 valence electrons. The highest BCUT2D eigenvalue weighted by Gasteiger charge is 2.41. The first-order valence-corrected chi connectivity index (χ1v) is 9.59. The highest BCUT2D eigenvalue weighted by atomic mass is 32.1. The Labute approximate surface area is 139 Å². The maximum absolute atomic E-state index is 2.40. The SMILES string of the molecule is Cc1c2c(c(C)c3c1-c1sccc1C3(C)C)-c1sccc1C2. The largest absolute Gasteiger partial charge is 0.144 e. The molecule has 2 aliphatic carbocycles. The predicted molar refractivity (Wildman–Crippen MR) is 97.5 cm³/mol. The van der Waals surface area contributed by atoms with Crippen molar-refractivity contribution in [3.8, 4) is 20.9 Å². The molecule has 0 saturated heterocycles. The first-order valence-electron chi connectivity index (χ1n) is 7.83. The van der Waals surface area contributed by atoms with E-state index in [0.717, 1.165) is 6.42 Å². The van der Waals surface area contributed by atoms with Crippen molar-refractivity contribution in [2.24, 2.45) is 0 Å². The van der Waals surface area contributed by atoms with Crippen LogP contribution in [0.3, 0.4) is 0 Å². The number of thiophene rings is 2. The lowest BCUT2D eigenvalue weighted by atomic mass is 9.78. The van der Waals surface area contributed by atoms with Crippen LogP contribution < -0.4 is 0 Å². The van der Waals surface area contributed by atoms with E-state index in [-0.39, 0.29) is 5.41 Å². The zero-order chi connectivity index (χ0) is 15.2. The van der Waals surface area contributed by atoms with Gasteiger partial charge in [0.1, 0.15) is 0 Å². The molecular weight excluding hydrogens is 304 g/mol. The van der Waals surface area contributed by atoms with Crippen molar-refractivity contribution < 1.29 is 0 Å². The van der Waals surface area contributed by atoms with Gasteiger partial charge in [-0.3, -0.25) is 0 Å². The minimum atomic E-state index is 0.133. The molecule has 2 aliphatic rings. The molecule has 2 heterocycles. The second-order valence-electron chi connectivity index (χ2n) is 7.09. The summed E-state index contributed by atoms with van der Waals surface area (Å²) < 4.78 is 0. The minimum Gasteiger partial charge on any atom is -0.144 e. The lowest BCUT2D eigenvalue weighted by Gasteiger charge is -2.25. The van der Waals surface area contributed by atoms with Crippen LogP contribution in [0.15, 0.2) is 22.9 Å². The van der Waals surface area contributed by atoms with Gasteiger partial charge in [-0.1, -0.05) is 13.8 Å². The van der Waals surface area contributed by atoms with Gasteiger partial charge in [0, 0.05) is 15.2 Å². The van der Waals surface area contributed by atoms with Gasteiger partial charge in [-0.25, -0.2) is 0 Å². The van der Waals surface area contributed by atoms with E-state index in [1.165, 1.54) is 32.0 Å². The second kappa shape index (κ2) is 3.93. The van der Waals surface area contributed by atoms with E-state index in [0.29, 0.717) is 0 Å². The molecule has 0 fully saturated rings. The zero-order valence-electron chi connectivity index (χ0n) is 13.3. The molecule has 0 nitrogen and oxygen atoms in total. The van der Waals surface area contributed by atoms with Gasteiger partial charge in [-0.05, 0) is 87.7 Å². The van der Waals surface area contributed by atoms with Gasteiger partial charge in [-0.15, -0.1) is 22.7 Å². The molecule has 0 amide bonds. The maximum atomic E-state index is 2.40. The van der Waals surface area contributed by atoms with E-state index in [4.69, 9.17) is 0 Å². The molecule has 0 saturated carbocycles. The van der Waals surface area contributed by atoms with Crippen molar-refractivity contribution >= 4 is 22.7 Å². The Hall–Kier alpha value is -1.38. The molecule has 0 unspecified atom stereocenters. The summed E-state index contributed by atoms with van der Waals surface area (Å²) in [7, 11) is 0. The molecule has 0 spiro atoms. The van der Waals surface area contributed by atoms with E-state index in [9.17, 15) is 0 Å². The van der Waals surface area contributed by atoms with Crippen molar-refractivity contribution in [2.45, 2.75) is 39.5 Å². The van der Waals surface area contributed by atoms with Gasteiger partial charge in [0.05, 0.1) is 0 Å². The van der Waals surface area contributed by atoms with Crippen molar-refractivity contribution in [1.29, 1.82) is 0 Å². The van der Waals surface area contributed by atoms with E-state index >= 15 is 0 Å². The quantitative estimate of drug-likeness (QED) is 0.356. The molecule has 0 N–H and O–H groups in total. The first kappa shape index (κ1) is 13.1. The van der Waals surface area contributed by atoms with Crippen LogP contribution in [0.2, 0.25) is 0 Å². The Morgan fingerprint density at radius 1 is 0.909 bits per heavy atom. The summed E-state index contributed by atoms with van der Waals surface area (Å²) >= 11 is 3.83. The number of benzene rings is 1. The second-order valence-corrected chi connectivity index (χ2v) is 8.93. The third-order valence-corrected chi connectivity index (χ3v) is 7.57. The lowest BCUT2D eigenvalue weighted by Crippen LogP contribution is -2.17. The first-order chi connectivity index (χ1) is 10.5. The number of hydrogen-bond acceptors (Lipinski definition) is 2. The molecule has 1 aromatic carbocycles. The van der Waals surface area contributed by atoms with E-state index in [2.05, 4.69) is 50.6 Å². The topological polar surface area (TPSA) is 0 Å². The summed E-state index contributed by atoms with van der Waals surface area (Å²) in [6, 6.07) is 4.65. The fourth-order valence-electron chi connectivity index (χ4n) is 4.67. The van der Waals surface area contributed by atoms with Gasteiger partial charge in [-0.2, -0.15) is 0 Å². The summed E-state index contributed by atoms with van der Waals surface area (Å²) in [4.78, 5) is 3.03. The monoisotopic (exact) mass is 322 g/mol. The van der Waals surface area contributed by atoms with Gasteiger partial charge in [0.2, 0.25) is 0 Å². The molecule has 22 heavy (non-hydrogen) atoms. The Morgan fingerprint density at radius 2 is 1.64 bits per heavy atom. The van der Waals surface area contributed by atoms with Crippen LogP contribution in [0.5, 0.6) is 0 Å². The predicted octanol–water partition coefficient (Wildman–Crippen LogP) is 6.30. The van der Waals surface area contributed by atoms with Crippen molar-refractivity contribution in [1.82, 2.24) is 0 Å². The highest BCUT2D eigenvalue weighted by Crippen LogP contribution is 2.58. The Kier molecular flexibility index (Phi) is 2.34. The molecule has 0 atom stereocenters. The Balaban J connectivity index is 1.96. The van der Waals surface area contributed by atoms with Gasteiger partial charge >= 0.3 is 0 Å². The average Bonchev–Trinajstić information content (AvgIpc) is 3.16. The van der Waals surface area contributed by atoms with Crippen LogP contribution in [0.25, 0.3) is 20.9 Å². The molecule has 0 radical (unpaired) electrons. The molecule has 3 aromatic rings. The minimum absolute atomic E-state index is 0.133. The van der Waals surface area contributed by atoms with E-state index in [1.807, 2.05) is 22.7 Å². The van der Waals surface area contributed by atoms with Gasteiger partial charge in [0.25, 0.3) is 0 Å². The van der Waals surface area contributed by atoms with Crippen LogP contribution in [0, 0.1) is 13.8 Å². The van der Waals surface area contributed by atoms with Crippen molar-refractivity contribution in [2.75, 3.05) is 0 Å². The summed E-state index contributed by atoms with van der Waals surface area (Å²) in [6.45, 7) is 9.49. The van der Waals surface area contributed by atoms with Crippen LogP contribution >= 0.6 is 22.7 Å². The number of rotatable bonds is 0.